The van der Waals surface area contributed by atoms with Gasteiger partial charge in [-0.05, 0) is 67.7 Å². The van der Waals surface area contributed by atoms with Crippen molar-refractivity contribution in [3.8, 4) is 5.75 Å². The molecule has 1 saturated heterocycles. The molecule has 1 fully saturated rings. The number of aromatic amines is 1. The van der Waals surface area contributed by atoms with E-state index in [1.165, 1.54) is 19.2 Å². The molecule has 11 heteroatoms. The lowest BCUT2D eigenvalue weighted by molar-refractivity contribution is 0.0500. The maximum atomic E-state index is 14.1. The fourth-order valence-electron chi connectivity index (χ4n) is 4.24. The molecule has 0 bridgehead atoms. The van der Waals surface area contributed by atoms with Gasteiger partial charge in [0.15, 0.2) is 11.6 Å². The van der Waals surface area contributed by atoms with Crippen LogP contribution >= 0.6 is 15.9 Å². The molecule has 1 aliphatic heterocycles. The van der Waals surface area contributed by atoms with Gasteiger partial charge in [0.05, 0.1) is 28.3 Å². The van der Waals surface area contributed by atoms with Gasteiger partial charge in [-0.3, -0.25) is 4.79 Å². The molecule has 36 heavy (non-hydrogen) atoms. The molecule has 1 aliphatic rings. The lowest BCUT2D eigenvalue weighted by Gasteiger charge is -2.36. The summed E-state index contributed by atoms with van der Waals surface area (Å²) in [6.45, 7) is 6.79. The molecular weight excluding hydrogens is 533 g/mol. The molecule has 0 radical (unpaired) electrons. The van der Waals surface area contributed by atoms with Gasteiger partial charge in [0.1, 0.15) is 11.2 Å². The Balaban J connectivity index is 1.59. The summed E-state index contributed by atoms with van der Waals surface area (Å²) in [5, 5.41) is 6.54. The van der Waals surface area contributed by atoms with E-state index in [0.717, 1.165) is 35.6 Å². The molecule has 3 aromatic rings. The highest BCUT2D eigenvalue weighted by atomic mass is 79.9. The van der Waals surface area contributed by atoms with Crippen LogP contribution in [0.25, 0.3) is 11.0 Å². The molecule has 0 spiro atoms. The number of ether oxygens (including phenoxy) is 2. The number of nitrogens with one attached hydrogen (secondary N) is 3. The first-order valence-corrected chi connectivity index (χ1v) is 12.4. The summed E-state index contributed by atoms with van der Waals surface area (Å²) >= 11 is 3.61. The minimum Gasteiger partial charge on any atom is -0.494 e. The number of anilines is 2. The molecule has 0 unspecified atom stereocenters. The Hall–Kier alpha value is -3.34. The second kappa shape index (κ2) is 10.3. The summed E-state index contributed by atoms with van der Waals surface area (Å²) in [6.07, 6.45) is 4.58. The van der Waals surface area contributed by atoms with Gasteiger partial charge >= 0.3 is 6.09 Å². The average molecular weight is 562 g/mol. The summed E-state index contributed by atoms with van der Waals surface area (Å²) in [4.78, 5) is 34.9. The zero-order valence-corrected chi connectivity index (χ0v) is 22.2. The van der Waals surface area contributed by atoms with Crippen LogP contribution in [0.2, 0.25) is 0 Å². The van der Waals surface area contributed by atoms with Gasteiger partial charge in [-0.2, -0.15) is 0 Å². The molecule has 1 aromatic carbocycles. The Morgan fingerprint density at radius 2 is 2.08 bits per heavy atom. The SMILES string of the molecule is COc1ccc(C(=O)Nc2c[nH]c3ncc(Br)c(N4CCC[C@@H](NC(=O)OC(C)(C)C)C4)c23)cc1F. The Bertz CT molecular complexity index is 1290. The van der Waals surface area contributed by atoms with Gasteiger partial charge in [0.25, 0.3) is 5.91 Å². The van der Waals surface area contributed by atoms with E-state index in [1.54, 1.807) is 12.4 Å². The third-order valence-electron chi connectivity index (χ3n) is 5.75. The Kier molecular flexibility index (Phi) is 7.39. The predicted octanol–water partition coefficient (Wildman–Crippen LogP) is 5.22. The molecular formula is C25H29BrFN5O4. The van der Waals surface area contributed by atoms with Crippen molar-refractivity contribution in [1.82, 2.24) is 15.3 Å². The fraction of sp³-hybridized carbons (Fsp3) is 0.400. The van der Waals surface area contributed by atoms with Crippen LogP contribution < -0.4 is 20.3 Å². The largest absolute Gasteiger partial charge is 0.494 e. The molecule has 0 saturated carbocycles. The number of hydrogen-bond acceptors (Lipinski definition) is 6. The van der Waals surface area contributed by atoms with Gasteiger partial charge in [0.2, 0.25) is 0 Å². The number of alkyl carbamates (subject to hydrolysis) is 1. The summed E-state index contributed by atoms with van der Waals surface area (Å²) in [7, 11) is 1.37. The number of methoxy groups -OCH3 is 1. The van der Waals surface area contributed by atoms with Crippen molar-refractivity contribution in [3.63, 3.8) is 0 Å². The molecule has 9 nitrogen and oxygen atoms in total. The topological polar surface area (TPSA) is 109 Å². The number of halogens is 2. The van der Waals surface area contributed by atoms with Crippen LogP contribution in [0.1, 0.15) is 44.0 Å². The van der Waals surface area contributed by atoms with Crippen molar-refractivity contribution in [2.45, 2.75) is 45.3 Å². The number of pyridine rings is 1. The number of H-pyrrole nitrogens is 1. The molecule has 3 heterocycles. The highest BCUT2D eigenvalue weighted by Crippen LogP contribution is 2.39. The van der Waals surface area contributed by atoms with E-state index in [9.17, 15) is 14.0 Å². The number of carbonyl (C=O) groups is 2. The Morgan fingerprint density at radius 3 is 2.78 bits per heavy atom. The van der Waals surface area contributed by atoms with Gasteiger partial charge < -0.3 is 30.0 Å². The average Bonchev–Trinajstić information content (AvgIpc) is 3.20. The monoisotopic (exact) mass is 561 g/mol. The first kappa shape index (κ1) is 25.7. The van der Waals surface area contributed by atoms with Crippen molar-refractivity contribution in [3.05, 3.63) is 46.4 Å². The first-order chi connectivity index (χ1) is 17.1. The molecule has 0 aliphatic carbocycles. The standard InChI is InChI=1S/C25H29BrFN5O4/c1-25(2,3)36-24(34)30-15-6-5-9-32(13-15)21-16(26)11-28-22-20(21)18(12-29-22)31-23(33)14-7-8-19(35-4)17(27)10-14/h7-8,10-12,15H,5-6,9,13H2,1-4H3,(H,28,29)(H,30,34)(H,31,33)/t15-/m1/s1. The second-order valence-corrected chi connectivity index (χ2v) is 10.5. The number of nitrogens with zero attached hydrogens (tertiary/aromatic N) is 2. The second-order valence-electron chi connectivity index (χ2n) is 9.62. The first-order valence-electron chi connectivity index (χ1n) is 11.6. The van der Waals surface area contributed by atoms with Crippen LogP contribution in [0.5, 0.6) is 5.75 Å². The van der Waals surface area contributed by atoms with Gasteiger partial charge in [-0.25, -0.2) is 14.2 Å². The highest BCUT2D eigenvalue weighted by Gasteiger charge is 2.28. The van der Waals surface area contributed by atoms with E-state index < -0.39 is 23.4 Å². The number of carbonyl (C=O) groups excluding carboxylic acids is 2. The highest BCUT2D eigenvalue weighted by molar-refractivity contribution is 9.10. The zero-order valence-electron chi connectivity index (χ0n) is 20.6. The van der Waals surface area contributed by atoms with E-state index in [0.29, 0.717) is 23.3 Å². The van der Waals surface area contributed by atoms with Crippen molar-refractivity contribution >= 4 is 50.3 Å². The van der Waals surface area contributed by atoms with Gasteiger partial charge in [-0.15, -0.1) is 0 Å². The van der Waals surface area contributed by atoms with Gasteiger partial charge in [0, 0.05) is 37.1 Å². The lowest BCUT2D eigenvalue weighted by Crippen LogP contribution is -2.49. The molecule has 192 valence electrons. The maximum absolute atomic E-state index is 14.1. The molecule has 2 aromatic heterocycles. The van der Waals surface area contributed by atoms with Crippen molar-refractivity contribution in [2.24, 2.45) is 0 Å². The zero-order chi connectivity index (χ0) is 26.0. The molecule has 3 N–H and O–H groups in total. The number of rotatable bonds is 5. The number of fused-ring (bicyclic) bond motifs is 1. The third kappa shape index (κ3) is 5.72. The predicted molar refractivity (Wildman–Crippen MR) is 139 cm³/mol. The molecule has 1 atom stereocenters. The summed E-state index contributed by atoms with van der Waals surface area (Å²) in [6, 6.07) is 3.94. The number of hydrogen-bond donors (Lipinski definition) is 3. The number of amides is 2. The van der Waals surface area contributed by atoms with Crippen LogP contribution in [0.4, 0.5) is 20.6 Å². The van der Waals surface area contributed by atoms with Crippen LogP contribution in [-0.4, -0.2) is 53.8 Å². The van der Waals surface area contributed by atoms with Crippen molar-refractivity contribution in [2.75, 3.05) is 30.4 Å². The minimum atomic E-state index is -0.619. The maximum Gasteiger partial charge on any atom is 0.407 e. The number of piperidine rings is 1. The van der Waals surface area contributed by atoms with E-state index >= 15 is 0 Å². The van der Waals surface area contributed by atoms with E-state index in [4.69, 9.17) is 9.47 Å². The third-order valence-corrected chi connectivity index (χ3v) is 6.33. The number of benzene rings is 1. The van der Waals surface area contributed by atoms with Crippen LogP contribution in [0.15, 0.2) is 35.1 Å². The molecule has 4 rings (SSSR count). The fourth-order valence-corrected chi connectivity index (χ4v) is 4.79. The molecule has 2 amide bonds. The van der Waals surface area contributed by atoms with Crippen LogP contribution in [-0.2, 0) is 4.74 Å². The quantitative estimate of drug-likeness (QED) is 0.394. The van der Waals surface area contributed by atoms with Crippen molar-refractivity contribution in [1.29, 1.82) is 0 Å². The number of aromatic nitrogens is 2. The van der Waals surface area contributed by atoms with Gasteiger partial charge in [-0.1, -0.05) is 0 Å². The summed E-state index contributed by atoms with van der Waals surface area (Å²) in [5.41, 5.74) is 1.52. The Labute approximate surface area is 216 Å². The lowest BCUT2D eigenvalue weighted by atomic mass is 10.0. The van der Waals surface area contributed by atoms with Crippen LogP contribution in [0, 0.1) is 5.82 Å². The normalized spacial score (nSPS) is 16.1. The van der Waals surface area contributed by atoms with Crippen molar-refractivity contribution < 1.29 is 23.5 Å². The Morgan fingerprint density at radius 1 is 1.31 bits per heavy atom. The van der Waals surface area contributed by atoms with E-state index in [1.807, 2.05) is 20.8 Å². The smallest absolute Gasteiger partial charge is 0.407 e. The van der Waals surface area contributed by atoms with Crippen LogP contribution in [0.3, 0.4) is 0 Å². The summed E-state index contributed by atoms with van der Waals surface area (Å²) in [5.74, 6) is -1.02. The minimum absolute atomic E-state index is 0.0636. The van der Waals surface area contributed by atoms with E-state index in [2.05, 4.69) is 41.4 Å². The summed E-state index contributed by atoms with van der Waals surface area (Å²) < 4.78 is 25.2. The van der Waals surface area contributed by atoms with E-state index in [-0.39, 0.29) is 17.4 Å².